The number of aromatic amines is 1. The molecule has 0 saturated heterocycles. The lowest BCUT2D eigenvalue weighted by atomic mass is 10.1. The molecule has 0 aliphatic rings. The van der Waals surface area contributed by atoms with Crippen molar-refractivity contribution in [2.45, 2.75) is 6.61 Å². The summed E-state index contributed by atoms with van der Waals surface area (Å²) < 4.78 is 24.0. The van der Waals surface area contributed by atoms with Gasteiger partial charge in [0, 0.05) is 5.56 Å². The predicted molar refractivity (Wildman–Crippen MR) is 87.6 cm³/mol. The van der Waals surface area contributed by atoms with Crippen LogP contribution >= 0.6 is 0 Å². The number of aromatic nitrogens is 3. The van der Waals surface area contributed by atoms with E-state index in [0.717, 1.165) is 5.56 Å². The van der Waals surface area contributed by atoms with E-state index in [0.29, 0.717) is 22.8 Å². The Morgan fingerprint density at radius 3 is 2.60 bits per heavy atom. The van der Waals surface area contributed by atoms with Gasteiger partial charge in [-0.25, -0.2) is 4.39 Å². The lowest BCUT2D eigenvalue weighted by molar-refractivity contribution is 0.0996. The Labute approximate surface area is 142 Å². The first-order valence-corrected chi connectivity index (χ1v) is 7.34. The molecule has 0 aliphatic carbocycles. The molecule has 8 heteroatoms. The maximum absolute atomic E-state index is 13.0. The fourth-order valence-corrected chi connectivity index (χ4v) is 2.28. The van der Waals surface area contributed by atoms with E-state index >= 15 is 0 Å². The van der Waals surface area contributed by atoms with Gasteiger partial charge in [-0.2, -0.15) is 15.4 Å². The fraction of sp³-hybridized carbons (Fsp3) is 0.118. The molecule has 0 atom stereocenters. The Hall–Kier alpha value is -3.42. The third kappa shape index (κ3) is 3.57. The van der Waals surface area contributed by atoms with Gasteiger partial charge in [-0.3, -0.25) is 4.79 Å². The van der Waals surface area contributed by atoms with E-state index in [4.69, 9.17) is 15.2 Å². The van der Waals surface area contributed by atoms with E-state index in [9.17, 15) is 9.18 Å². The van der Waals surface area contributed by atoms with Gasteiger partial charge in [-0.15, -0.1) is 0 Å². The van der Waals surface area contributed by atoms with Crippen molar-refractivity contribution in [2.75, 3.05) is 7.11 Å². The highest BCUT2D eigenvalue weighted by atomic mass is 19.1. The number of hydrogen-bond donors (Lipinski definition) is 2. The van der Waals surface area contributed by atoms with Crippen molar-refractivity contribution in [2.24, 2.45) is 5.73 Å². The number of carbonyl (C=O) groups is 1. The average Bonchev–Trinajstić information content (AvgIpc) is 3.11. The number of amides is 1. The largest absolute Gasteiger partial charge is 0.493 e. The van der Waals surface area contributed by atoms with Gasteiger partial charge in [-0.1, -0.05) is 12.1 Å². The standard InChI is InChI=1S/C17H15FN4O3/c1-24-13-7-4-11(15-16(17(19)23)21-22-20-15)8-14(13)25-9-10-2-5-12(18)6-3-10/h2-8H,9H2,1H3,(H2,19,23)(H,20,21,22). The molecule has 1 amide bonds. The van der Waals surface area contributed by atoms with Crippen molar-refractivity contribution in [3.63, 3.8) is 0 Å². The summed E-state index contributed by atoms with van der Waals surface area (Å²) in [4.78, 5) is 11.4. The quantitative estimate of drug-likeness (QED) is 0.715. The molecule has 0 unspecified atom stereocenters. The molecule has 3 N–H and O–H groups in total. The van der Waals surface area contributed by atoms with Crippen LogP contribution in [0.1, 0.15) is 16.1 Å². The van der Waals surface area contributed by atoms with Crippen molar-refractivity contribution in [3.05, 3.63) is 59.5 Å². The monoisotopic (exact) mass is 342 g/mol. The van der Waals surface area contributed by atoms with Crippen LogP contribution in [0, 0.1) is 5.82 Å². The van der Waals surface area contributed by atoms with E-state index < -0.39 is 5.91 Å². The number of ether oxygens (including phenoxy) is 2. The maximum atomic E-state index is 13.0. The molecule has 0 spiro atoms. The molecule has 0 radical (unpaired) electrons. The number of carbonyl (C=O) groups excluding carboxylic acids is 1. The Morgan fingerprint density at radius 1 is 1.16 bits per heavy atom. The van der Waals surface area contributed by atoms with Crippen molar-refractivity contribution < 1.29 is 18.7 Å². The number of nitrogens with two attached hydrogens (primary N) is 1. The van der Waals surface area contributed by atoms with E-state index in [1.807, 2.05) is 0 Å². The molecular weight excluding hydrogens is 327 g/mol. The van der Waals surface area contributed by atoms with Crippen LogP contribution in [-0.4, -0.2) is 28.4 Å². The Kier molecular flexibility index (Phi) is 4.60. The third-order valence-electron chi connectivity index (χ3n) is 3.53. The molecule has 0 aliphatic heterocycles. The smallest absolute Gasteiger partial charge is 0.271 e. The Bertz CT molecular complexity index is 893. The van der Waals surface area contributed by atoms with Crippen molar-refractivity contribution >= 4 is 5.91 Å². The SMILES string of the molecule is COc1ccc(-c2n[nH]nc2C(N)=O)cc1OCc1ccc(F)cc1. The minimum Gasteiger partial charge on any atom is -0.493 e. The minimum atomic E-state index is -0.687. The number of halogens is 1. The number of nitrogens with one attached hydrogen (secondary N) is 1. The summed E-state index contributed by atoms with van der Waals surface area (Å²) >= 11 is 0. The molecule has 1 heterocycles. The van der Waals surface area contributed by atoms with Crippen LogP contribution in [0.4, 0.5) is 4.39 Å². The van der Waals surface area contributed by atoms with Gasteiger partial charge >= 0.3 is 0 Å². The molecule has 1 aromatic heterocycles. The topological polar surface area (TPSA) is 103 Å². The van der Waals surface area contributed by atoms with Crippen molar-refractivity contribution in [3.8, 4) is 22.8 Å². The zero-order valence-electron chi connectivity index (χ0n) is 13.3. The molecule has 0 saturated carbocycles. The molecule has 25 heavy (non-hydrogen) atoms. The first-order valence-electron chi connectivity index (χ1n) is 7.34. The summed E-state index contributed by atoms with van der Waals surface area (Å²) in [6.45, 7) is 0.224. The molecular formula is C17H15FN4O3. The molecule has 128 valence electrons. The summed E-state index contributed by atoms with van der Waals surface area (Å²) in [5.41, 5.74) is 7.04. The lowest BCUT2D eigenvalue weighted by Gasteiger charge is -2.12. The van der Waals surface area contributed by atoms with Crippen LogP contribution in [0.3, 0.4) is 0 Å². The van der Waals surface area contributed by atoms with Crippen LogP contribution in [0.5, 0.6) is 11.5 Å². The van der Waals surface area contributed by atoms with E-state index in [1.165, 1.54) is 19.2 Å². The van der Waals surface area contributed by atoms with E-state index in [1.54, 1.807) is 30.3 Å². The predicted octanol–water partition coefficient (Wildman–Crippen LogP) is 2.30. The summed E-state index contributed by atoms with van der Waals surface area (Å²) in [5, 5.41) is 10.1. The highest BCUT2D eigenvalue weighted by Gasteiger charge is 2.17. The third-order valence-corrected chi connectivity index (χ3v) is 3.53. The second-order valence-corrected chi connectivity index (χ2v) is 5.17. The number of rotatable bonds is 6. The molecule has 0 bridgehead atoms. The van der Waals surface area contributed by atoms with Crippen LogP contribution in [0.2, 0.25) is 0 Å². The van der Waals surface area contributed by atoms with Gasteiger partial charge in [0.1, 0.15) is 18.1 Å². The Morgan fingerprint density at radius 2 is 1.92 bits per heavy atom. The average molecular weight is 342 g/mol. The van der Waals surface area contributed by atoms with Gasteiger partial charge in [0.05, 0.1) is 7.11 Å². The van der Waals surface area contributed by atoms with Gasteiger partial charge in [0.15, 0.2) is 17.2 Å². The first-order chi connectivity index (χ1) is 12.1. The number of methoxy groups -OCH3 is 1. The van der Waals surface area contributed by atoms with E-state index in [2.05, 4.69) is 15.4 Å². The number of primary amides is 1. The second-order valence-electron chi connectivity index (χ2n) is 5.17. The highest BCUT2D eigenvalue weighted by Crippen LogP contribution is 2.33. The lowest BCUT2D eigenvalue weighted by Crippen LogP contribution is -2.12. The molecule has 0 fully saturated rings. The molecule has 3 rings (SSSR count). The number of nitrogens with zero attached hydrogens (tertiary/aromatic N) is 2. The zero-order valence-corrected chi connectivity index (χ0v) is 13.3. The van der Waals surface area contributed by atoms with Gasteiger partial charge in [0.2, 0.25) is 0 Å². The Balaban J connectivity index is 1.88. The summed E-state index contributed by atoms with van der Waals surface area (Å²) in [6.07, 6.45) is 0. The fourth-order valence-electron chi connectivity index (χ4n) is 2.28. The molecule has 7 nitrogen and oxygen atoms in total. The summed E-state index contributed by atoms with van der Waals surface area (Å²) in [5.74, 6) is -0.0422. The van der Waals surface area contributed by atoms with Gasteiger partial charge in [-0.05, 0) is 35.9 Å². The molecule has 2 aromatic carbocycles. The van der Waals surface area contributed by atoms with Crippen LogP contribution in [0.25, 0.3) is 11.3 Å². The first kappa shape index (κ1) is 16.4. The minimum absolute atomic E-state index is 0.0367. The highest BCUT2D eigenvalue weighted by molar-refractivity contribution is 5.96. The molecule has 3 aromatic rings. The normalized spacial score (nSPS) is 10.5. The maximum Gasteiger partial charge on any atom is 0.271 e. The zero-order chi connectivity index (χ0) is 17.8. The summed E-state index contributed by atoms with van der Waals surface area (Å²) in [6, 6.07) is 11.1. The van der Waals surface area contributed by atoms with Crippen LogP contribution < -0.4 is 15.2 Å². The van der Waals surface area contributed by atoms with Crippen LogP contribution in [-0.2, 0) is 6.61 Å². The number of hydrogen-bond acceptors (Lipinski definition) is 5. The second kappa shape index (κ2) is 7.00. The van der Waals surface area contributed by atoms with Crippen molar-refractivity contribution in [1.82, 2.24) is 15.4 Å². The number of benzene rings is 2. The van der Waals surface area contributed by atoms with Crippen molar-refractivity contribution in [1.29, 1.82) is 0 Å². The number of H-pyrrole nitrogens is 1. The van der Waals surface area contributed by atoms with Gasteiger partial charge in [0.25, 0.3) is 5.91 Å². The van der Waals surface area contributed by atoms with E-state index in [-0.39, 0.29) is 18.1 Å². The van der Waals surface area contributed by atoms with Gasteiger partial charge < -0.3 is 15.2 Å². The van der Waals surface area contributed by atoms with Crippen LogP contribution in [0.15, 0.2) is 42.5 Å². The summed E-state index contributed by atoms with van der Waals surface area (Å²) in [7, 11) is 1.52.